The Bertz CT molecular complexity index is 544. The molecule has 0 aromatic heterocycles. The Morgan fingerprint density at radius 3 is 2.59 bits per heavy atom. The number of aliphatic hydroxyl groups is 2. The molecule has 2 heterocycles. The van der Waals surface area contributed by atoms with E-state index in [1.807, 2.05) is 12.1 Å². The molecule has 122 valence electrons. The molecule has 2 aliphatic heterocycles. The van der Waals surface area contributed by atoms with E-state index < -0.39 is 6.10 Å². The Balaban J connectivity index is 1.88. The van der Waals surface area contributed by atoms with E-state index >= 15 is 0 Å². The van der Waals surface area contributed by atoms with E-state index in [1.54, 1.807) is 21.1 Å². The van der Waals surface area contributed by atoms with Crippen LogP contribution in [0.15, 0.2) is 12.1 Å². The molecule has 1 aromatic carbocycles. The van der Waals surface area contributed by atoms with Crippen molar-refractivity contribution in [2.45, 2.75) is 50.5 Å². The largest absolute Gasteiger partial charge is 0.493 e. The maximum absolute atomic E-state index is 10.7. The zero-order chi connectivity index (χ0) is 15.9. The molecule has 0 radical (unpaired) electrons. The number of fused-ring (bicyclic) bond motifs is 4. The van der Waals surface area contributed by atoms with Crippen molar-refractivity contribution >= 4 is 0 Å². The van der Waals surface area contributed by atoms with E-state index in [2.05, 4.69) is 4.90 Å². The van der Waals surface area contributed by atoms with Crippen molar-refractivity contribution in [1.29, 1.82) is 0 Å². The summed E-state index contributed by atoms with van der Waals surface area (Å²) in [5.41, 5.74) is 2.37. The number of aliphatic hydroxyl groups excluding tert-OH is 2. The molecule has 2 N–H and O–H groups in total. The molecule has 1 saturated heterocycles. The number of benzene rings is 1. The van der Waals surface area contributed by atoms with Crippen LogP contribution in [0.5, 0.6) is 11.5 Å². The lowest BCUT2D eigenvalue weighted by Gasteiger charge is -2.28. The normalized spacial score (nSPS) is 30.8. The summed E-state index contributed by atoms with van der Waals surface area (Å²) < 4.78 is 10.8. The summed E-state index contributed by atoms with van der Waals surface area (Å²) in [6, 6.07) is 4.15. The van der Waals surface area contributed by atoms with Crippen LogP contribution in [0, 0.1) is 0 Å². The first kappa shape index (κ1) is 15.6. The van der Waals surface area contributed by atoms with E-state index in [9.17, 15) is 10.2 Å². The summed E-state index contributed by atoms with van der Waals surface area (Å²) >= 11 is 0. The van der Waals surface area contributed by atoms with Gasteiger partial charge in [-0.25, -0.2) is 0 Å². The van der Waals surface area contributed by atoms with Gasteiger partial charge in [-0.15, -0.1) is 0 Å². The monoisotopic (exact) mass is 307 g/mol. The molecular weight excluding hydrogens is 282 g/mol. The topological polar surface area (TPSA) is 62.2 Å². The van der Waals surface area contributed by atoms with Crippen molar-refractivity contribution in [1.82, 2.24) is 4.90 Å². The zero-order valence-electron chi connectivity index (χ0n) is 13.5. The average Bonchev–Trinajstić information content (AvgIpc) is 2.76. The smallest absolute Gasteiger partial charge is 0.161 e. The Hall–Kier alpha value is -1.30. The molecule has 2 unspecified atom stereocenters. The maximum atomic E-state index is 10.7. The van der Waals surface area contributed by atoms with Crippen molar-refractivity contribution in [3.8, 4) is 11.5 Å². The van der Waals surface area contributed by atoms with Gasteiger partial charge in [-0.05, 0) is 43.0 Å². The summed E-state index contributed by atoms with van der Waals surface area (Å²) in [5, 5.41) is 20.2. The molecular formula is C17H25NO4. The highest BCUT2D eigenvalue weighted by molar-refractivity contribution is 5.50. The van der Waals surface area contributed by atoms with Gasteiger partial charge in [0.1, 0.15) is 0 Å². The average molecular weight is 307 g/mol. The van der Waals surface area contributed by atoms with Gasteiger partial charge < -0.3 is 19.7 Å². The summed E-state index contributed by atoms with van der Waals surface area (Å²) in [6.45, 7) is 3.48. The summed E-state index contributed by atoms with van der Waals surface area (Å²) in [4.78, 5) is 2.33. The van der Waals surface area contributed by atoms with Crippen LogP contribution in [0.3, 0.4) is 0 Å². The molecule has 0 saturated carbocycles. The fraction of sp³-hybridized carbons (Fsp3) is 0.647. The van der Waals surface area contributed by atoms with Gasteiger partial charge in [-0.1, -0.05) is 0 Å². The molecule has 2 bridgehead atoms. The van der Waals surface area contributed by atoms with Crippen LogP contribution in [-0.4, -0.2) is 54.1 Å². The Kier molecular flexibility index (Phi) is 4.30. The lowest BCUT2D eigenvalue weighted by molar-refractivity contribution is 0.0901. The standard InChI is InChI=1S/C17H25NO4/c1-10(19)4-5-14-17(20)13-9-18(14)8-11-6-15(21-2)16(22-3)7-12(11)13/h6-7,10,13-14,17,19-20H,4-5,8-9H2,1-3H3/t10?,13-,14-,17+/m0/s1. The number of rotatable bonds is 5. The van der Waals surface area contributed by atoms with Gasteiger partial charge in [0.25, 0.3) is 0 Å². The van der Waals surface area contributed by atoms with Crippen LogP contribution in [0.1, 0.15) is 36.8 Å². The lowest BCUT2D eigenvalue weighted by atomic mass is 9.88. The minimum absolute atomic E-state index is 0.113. The van der Waals surface area contributed by atoms with E-state index in [-0.39, 0.29) is 18.1 Å². The van der Waals surface area contributed by atoms with Crippen LogP contribution < -0.4 is 9.47 Å². The summed E-state index contributed by atoms with van der Waals surface area (Å²) in [5.74, 6) is 1.57. The fourth-order valence-corrected chi connectivity index (χ4v) is 3.85. The van der Waals surface area contributed by atoms with Gasteiger partial charge in [0.05, 0.1) is 26.4 Å². The van der Waals surface area contributed by atoms with Crippen LogP contribution >= 0.6 is 0 Å². The van der Waals surface area contributed by atoms with Gasteiger partial charge in [0, 0.05) is 25.0 Å². The SMILES string of the molecule is COc1cc2c(cc1OC)[C@@H]1CN(C2)[C@@H](CCC(C)O)[C@@H]1O. The first-order valence-electron chi connectivity index (χ1n) is 7.90. The van der Waals surface area contributed by atoms with Crippen molar-refractivity contribution in [3.63, 3.8) is 0 Å². The van der Waals surface area contributed by atoms with Gasteiger partial charge >= 0.3 is 0 Å². The Labute approximate surface area is 131 Å². The highest BCUT2D eigenvalue weighted by atomic mass is 16.5. The van der Waals surface area contributed by atoms with Gasteiger partial charge in [0.2, 0.25) is 0 Å². The molecule has 5 heteroatoms. The second-order valence-electron chi connectivity index (χ2n) is 6.43. The van der Waals surface area contributed by atoms with E-state index in [0.717, 1.165) is 25.3 Å². The predicted octanol–water partition coefficient (Wildman–Crippen LogP) is 1.51. The summed E-state index contributed by atoms with van der Waals surface area (Å²) in [7, 11) is 3.28. The second kappa shape index (κ2) is 6.07. The van der Waals surface area contributed by atoms with Crippen molar-refractivity contribution < 1.29 is 19.7 Å². The second-order valence-corrected chi connectivity index (χ2v) is 6.43. The van der Waals surface area contributed by atoms with E-state index in [1.165, 1.54) is 11.1 Å². The van der Waals surface area contributed by atoms with E-state index in [4.69, 9.17) is 9.47 Å². The molecule has 0 amide bonds. The van der Waals surface area contributed by atoms with Gasteiger partial charge in [-0.2, -0.15) is 0 Å². The third kappa shape index (κ3) is 2.57. The highest BCUT2D eigenvalue weighted by Gasteiger charge is 2.45. The molecule has 5 atom stereocenters. The maximum Gasteiger partial charge on any atom is 0.161 e. The number of hydrogen-bond acceptors (Lipinski definition) is 5. The third-order valence-corrected chi connectivity index (χ3v) is 5.01. The molecule has 22 heavy (non-hydrogen) atoms. The Morgan fingerprint density at radius 2 is 1.95 bits per heavy atom. The number of ether oxygens (including phenoxy) is 2. The molecule has 0 spiro atoms. The van der Waals surface area contributed by atoms with Gasteiger partial charge in [0.15, 0.2) is 11.5 Å². The minimum Gasteiger partial charge on any atom is -0.493 e. The van der Waals surface area contributed by atoms with E-state index in [0.29, 0.717) is 12.2 Å². The highest BCUT2D eigenvalue weighted by Crippen LogP contribution is 2.44. The molecule has 1 aromatic rings. The number of methoxy groups -OCH3 is 2. The van der Waals surface area contributed by atoms with Crippen molar-refractivity contribution in [2.75, 3.05) is 20.8 Å². The number of nitrogens with zero attached hydrogens (tertiary/aromatic N) is 1. The first-order valence-corrected chi connectivity index (χ1v) is 7.90. The molecule has 5 nitrogen and oxygen atoms in total. The molecule has 0 aliphatic carbocycles. The quantitative estimate of drug-likeness (QED) is 0.863. The molecule has 3 rings (SSSR count). The van der Waals surface area contributed by atoms with Crippen LogP contribution in [0.2, 0.25) is 0 Å². The van der Waals surface area contributed by atoms with Crippen LogP contribution in [-0.2, 0) is 6.54 Å². The Morgan fingerprint density at radius 1 is 1.27 bits per heavy atom. The lowest BCUT2D eigenvalue weighted by Crippen LogP contribution is -2.34. The third-order valence-electron chi connectivity index (χ3n) is 5.01. The van der Waals surface area contributed by atoms with Crippen LogP contribution in [0.4, 0.5) is 0 Å². The molecule has 1 fully saturated rings. The predicted molar refractivity (Wildman–Crippen MR) is 83.4 cm³/mol. The van der Waals surface area contributed by atoms with Crippen molar-refractivity contribution in [3.05, 3.63) is 23.3 Å². The summed E-state index contributed by atoms with van der Waals surface area (Å²) in [6.07, 6.45) is 0.820. The fourth-order valence-electron chi connectivity index (χ4n) is 3.85. The van der Waals surface area contributed by atoms with Gasteiger partial charge in [-0.3, -0.25) is 4.90 Å². The van der Waals surface area contributed by atoms with Crippen LogP contribution in [0.25, 0.3) is 0 Å². The first-order chi connectivity index (χ1) is 10.5. The molecule has 2 aliphatic rings. The number of hydrogen-bond donors (Lipinski definition) is 2. The minimum atomic E-state index is -0.391. The van der Waals surface area contributed by atoms with Crippen molar-refractivity contribution in [2.24, 2.45) is 0 Å². The zero-order valence-corrected chi connectivity index (χ0v) is 13.5.